The van der Waals surface area contributed by atoms with Gasteiger partial charge in [0.1, 0.15) is 0 Å². The van der Waals surface area contributed by atoms with Crippen molar-refractivity contribution in [3.63, 3.8) is 0 Å². The Labute approximate surface area is 109 Å². The van der Waals surface area contributed by atoms with Crippen molar-refractivity contribution in [2.24, 2.45) is 0 Å². The molecule has 0 unspecified atom stereocenters. The Bertz CT molecular complexity index is 345. The van der Waals surface area contributed by atoms with Gasteiger partial charge in [0.15, 0.2) is 5.82 Å². The molecular weight excluding hydrogens is 228 g/mol. The Morgan fingerprint density at radius 3 is 2.83 bits per heavy atom. The van der Waals surface area contributed by atoms with Crippen molar-refractivity contribution in [3.8, 4) is 0 Å². The molecule has 5 heteroatoms. The molecule has 0 spiro atoms. The van der Waals surface area contributed by atoms with E-state index in [0.717, 1.165) is 63.6 Å². The van der Waals surface area contributed by atoms with Gasteiger partial charge < -0.3 is 14.7 Å². The van der Waals surface area contributed by atoms with Crippen LogP contribution in [-0.2, 0) is 6.42 Å². The quantitative estimate of drug-likeness (QED) is 0.776. The molecule has 1 aliphatic heterocycles. The second-order valence-electron chi connectivity index (χ2n) is 4.96. The van der Waals surface area contributed by atoms with Crippen LogP contribution in [0.3, 0.4) is 0 Å². The maximum Gasteiger partial charge on any atom is 0.226 e. The van der Waals surface area contributed by atoms with Crippen molar-refractivity contribution in [1.82, 2.24) is 20.4 Å². The number of rotatable bonds is 6. The van der Waals surface area contributed by atoms with E-state index in [0.29, 0.717) is 5.92 Å². The first-order valence-electron chi connectivity index (χ1n) is 7.03. The molecule has 5 nitrogen and oxygen atoms in total. The Kier molecular flexibility index (Phi) is 5.13. The second-order valence-corrected chi connectivity index (χ2v) is 4.96. The van der Waals surface area contributed by atoms with Crippen LogP contribution in [0.4, 0.5) is 0 Å². The van der Waals surface area contributed by atoms with Gasteiger partial charge >= 0.3 is 0 Å². The van der Waals surface area contributed by atoms with Gasteiger partial charge in [-0.2, -0.15) is 4.98 Å². The van der Waals surface area contributed by atoms with E-state index in [1.54, 1.807) is 0 Å². The van der Waals surface area contributed by atoms with Gasteiger partial charge in [0.2, 0.25) is 5.89 Å². The van der Waals surface area contributed by atoms with E-state index in [1.807, 2.05) is 7.05 Å². The van der Waals surface area contributed by atoms with Crippen molar-refractivity contribution < 1.29 is 4.52 Å². The molecule has 1 fully saturated rings. The van der Waals surface area contributed by atoms with Crippen molar-refractivity contribution in [2.45, 2.75) is 38.5 Å². The molecule has 2 heterocycles. The van der Waals surface area contributed by atoms with Gasteiger partial charge in [0.25, 0.3) is 0 Å². The molecule has 0 aromatic carbocycles. The topological polar surface area (TPSA) is 54.2 Å². The lowest BCUT2D eigenvalue weighted by Crippen LogP contribution is -2.32. The lowest BCUT2D eigenvalue weighted by molar-refractivity contribution is 0.217. The number of aryl methyl sites for hydroxylation is 1. The third kappa shape index (κ3) is 3.53. The van der Waals surface area contributed by atoms with E-state index < -0.39 is 0 Å². The number of aromatic nitrogens is 2. The van der Waals surface area contributed by atoms with Crippen LogP contribution >= 0.6 is 0 Å². The zero-order valence-electron chi connectivity index (χ0n) is 11.5. The predicted molar refractivity (Wildman–Crippen MR) is 70.6 cm³/mol. The number of nitrogens with zero attached hydrogens (tertiary/aromatic N) is 3. The summed E-state index contributed by atoms with van der Waals surface area (Å²) < 4.78 is 5.32. The molecule has 102 valence electrons. The number of nitrogens with one attached hydrogen (secondary N) is 1. The monoisotopic (exact) mass is 252 g/mol. The summed E-state index contributed by atoms with van der Waals surface area (Å²) in [7, 11) is 1.96. The first kappa shape index (κ1) is 13.5. The van der Waals surface area contributed by atoms with E-state index in [-0.39, 0.29) is 0 Å². The number of hydrogen-bond donors (Lipinski definition) is 1. The molecule has 1 aromatic heterocycles. The maximum absolute atomic E-state index is 5.32. The minimum absolute atomic E-state index is 0.495. The first-order valence-corrected chi connectivity index (χ1v) is 7.03. The van der Waals surface area contributed by atoms with Gasteiger partial charge in [-0.1, -0.05) is 12.1 Å². The van der Waals surface area contributed by atoms with E-state index in [4.69, 9.17) is 4.52 Å². The lowest BCUT2D eigenvalue weighted by atomic mass is 9.96. The van der Waals surface area contributed by atoms with Crippen LogP contribution in [0.2, 0.25) is 0 Å². The molecule has 1 aromatic rings. The summed E-state index contributed by atoms with van der Waals surface area (Å²) in [5.41, 5.74) is 0. The molecule has 0 amide bonds. The van der Waals surface area contributed by atoms with Crippen LogP contribution < -0.4 is 5.32 Å². The van der Waals surface area contributed by atoms with Crippen LogP contribution in [0.1, 0.15) is 43.8 Å². The molecule has 1 saturated heterocycles. The van der Waals surface area contributed by atoms with Crippen LogP contribution in [0.25, 0.3) is 0 Å². The van der Waals surface area contributed by atoms with Gasteiger partial charge in [0.05, 0.1) is 0 Å². The van der Waals surface area contributed by atoms with Crippen molar-refractivity contribution in [1.29, 1.82) is 0 Å². The molecule has 18 heavy (non-hydrogen) atoms. The Morgan fingerprint density at radius 1 is 1.39 bits per heavy atom. The van der Waals surface area contributed by atoms with Crippen molar-refractivity contribution >= 4 is 0 Å². The second kappa shape index (κ2) is 6.85. The van der Waals surface area contributed by atoms with Crippen molar-refractivity contribution in [3.05, 3.63) is 11.7 Å². The molecule has 0 atom stereocenters. The normalized spacial score (nSPS) is 18.3. The number of likely N-dealkylation sites (tertiary alicyclic amines) is 1. The van der Waals surface area contributed by atoms with E-state index in [9.17, 15) is 0 Å². The third-order valence-corrected chi connectivity index (χ3v) is 3.70. The highest BCUT2D eigenvalue weighted by Crippen LogP contribution is 2.25. The van der Waals surface area contributed by atoms with Gasteiger partial charge in [0, 0.05) is 12.3 Å². The van der Waals surface area contributed by atoms with Gasteiger partial charge in [-0.15, -0.1) is 0 Å². The fourth-order valence-electron chi connectivity index (χ4n) is 2.46. The minimum Gasteiger partial charge on any atom is -0.339 e. The highest BCUT2D eigenvalue weighted by Gasteiger charge is 2.23. The molecule has 0 radical (unpaired) electrons. The smallest absolute Gasteiger partial charge is 0.226 e. The van der Waals surface area contributed by atoms with E-state index in [1.165, 1.54) is 0 Å². The van der Waals surface area contributed by atoms with E-state index in [2.05, 4.69) is 27.3 Å². The Balaban J connectivity index is 1.82. The molecule has 0 aliphatic carbocycles. The maximum atomic E-state index is 5.32. The fourth-order valence-corrected chi connectivity index (χ4v) is 2.46. The lowest BCUT2D eigenvalue weighted by Gasteiger charge is -2.29. The van der Waals surface area contributed by atoms with Crippen LogP contribution in [0.5, 0.6) is 0 Å². The molecular formula is C13H24N4O. The number of hydrogen-bond acceptors (Lipinski definition) is 5. The summed E-state index contributed by atoms with van der Waals surface area (Å²) in [5.74, 6) is 2.21. The van der Waals surface area contributed by atoms with Gasteiger partial charge in [-0.3, -0.25) is 0 Å². The highest BCUT2D eigenvalue weighted by molar-refractivity contribution is 4.98. The average Bonchev–Trinajstić information content (AvgIpc) is 2.88. The third-order valence-electron chi connectivity index (χ3n) is 3.70. The average molecular weight is 252 g/mol. The first-order chi connectivity index (χ1) is 8.83. The summed E-state index contributed by atoms with van der Waals surface area (Å²) in [5, 5.41) is 7.27. The Morgan fingerprint density at radius 2 is 2.17 bits per heavy atom. The highest BCUT2D eigenvalue weighted by atomic mass is 16.5. The summed E-state index contributed by atoms with van der Waals surface area (Å²) >= 11 is 0. The van der Waals surface area contributed by atoms with Gasteiger partial charge in [-0.05, 0) is 52.5 Å². The largest absolute Gasteiger partial charge is 0.339 e. The van der Waals surface area contributed by atoms with Crippen LogP contribution in [0.15, 0.2) is 4.52 Å². The Hall–Kier alpha value is -0.940. The predicted octanol–water partition coefficient (Wildman–Crippen LogP) is 1.42. The van der Waals surface area contributed by atoms with Crippen molar-refractivity contribution in [2.75, 3.05) is 33.2 Å². The number of piperidine rings is 1. The SMILES string of the molecule is CCN1CCC(c2noc(CCCNC)n2)CC1. The minimum atomic E-state index is 0.495. The van der Waals surface area contributed by atoms with E-state index >= 15 is 0 Å². The van der Waals surface area contributed by atoms with Crippen LogP contribution in [0, 0.1) is 0 Å². The molecule has 0 bridgehead atoms. The summed E-state index contributed by atoms with van der Waals surface area (Å²) in [6.07, 6.45) is 4.24. The van der Waals surface area contributed by atoms with Gasteiger partial charge in [-0.25, -0.2) is 0 Å². The fraction of sp³-hybridized carbons (Fsp3) is 0.846. The summed E-state index contributed by atoms with van der Waals surface area (Å²) in [6.45, 7) is 6.67. The zero-order chi connectivity index (χ0) is 12.8. The molecule has 1 aliphatic rings. The summed E-state index contributed by atoms with van der Waals surface area (Å²) in [6, 6.07) is 0. The standard InChI is InChI=1S/C13H24N4O/c1-3-17-9-6-11(7-10-17)13-15-12(18-16-13)5-4-8-14-2/h11,14H,3-10H2,1-2H3. The summed E-state index contributed by atoms with van der Waals surface area (Å²) in [4.78, 5) is 7.01. The molecule has 2 rings (SSSR count). The van der Waals surface area contributed by atoms with Crippen LogP contribution in [-0.4, -0.2) is 48.3 Å². The molecule has 1 N–H and O–H groups in total. The zero-order valence-corrected chi connectivity index (χ0v) is 11.5. The molecule has 0 saturated carbocycles.